The molecular weight excluding hydrogens is 394 g/mol. The number of pyridine rings is 1. The number of benzene rings is 1. The van der Waals surface area contributed by atoms with E-state index in [-0.39, 0.29) is 29.1 Å². The topological polar surface area (TPSA) is 74.1 Å². The smallest absolute Gasteiger partial charge is 0.416 e. The van der Waals surface area contributed by atoms with Gasteiger partial charge in [0, 0.05) is 18.3 Å². The van der Waals surface area contributed by atoms with Gasteiger partial charge in [0.2, 0.25) is 0 Å². The Kier molecular flexibility index (Phi) is 5.44. The Morgan fingerprint density at radius 2 is 2.00 bits per heavy atom. The zero-order valence-corrected chi connectivity index (χ0v) is 14.9. The van der Waals surface area contributed by atoms with Crippen LogP contribution >= 0.6 is 0 Å². The predicted molar refractivity (Wildman–Crippen MR) is 92.3 cm³/mol. The second kappa shape index (κ2) is 7.82. The highest BCUT2D eigenvalue weighted by Gasteiger charge is 2.31. The van der Waals surface area contributed by atoms with Gasteiger partial charge in [-0.1, -0.05) is 6.07 Å². The highest BCUT2D eigenvalue weighted by molar-refractivity contribution is 5.96. The lowest BCUT2D eigenvalue weighted by Gasteiger charge is -2.10. The molecule has 3 rings (SSSR count). The van der Waals surface area contributed by atoms with Crippen molar-refractivity contribution >= 4 is 12.3 Å². The minimum atomic E-state index is -4.67. The summed E-state index contributed by atoms with van der Waals surface area (Å²) in [5.41, 5.74) is -0.872. The first-order valence-corrected chi connectivity index (χ1v) is 8.17. The van der Waals surface area contributed by atoms with Crippen molar-refractivity contribution in [2.45, 2.75) is 12.6 Å². The van der Waals surface area contributed by atoms with E-state index in [9.17, 15) is 27.2 Å². The number of hydrogen-bond donors (Lipinski definition) is 0. The molecule has 0 N–H and O–H groups in total. The van der Waals surface area contributed by atoms with Gasteiger partial charge in [0.1, 0.15) is 5.82 Å². The maximum Gasteiger partial charge on any atom is 0.416 e. The van der Waals surface area contributed by atoms with Crippen molar-refractivity contribution in [1.82, 2.24) is 14.8 Å². The summed E-state index contributed by atoms with van der Waals surface area (Å²) in [5, 5.41) is 3.97. The average molecular weight is 407 g/mol. The fourth-order valence-corrected chi connectivity index (χ4v) is 2.66. The van der Waals surface area contributed by atoms with Crippen molar-refractivity contribution in [1.29, 1.82) is 0 Å². The Labute approximate surface area is 161 Å². The Morgan fingerprint density at radius 1 is 1.24 bits per heavy atom. The van der Waals surface area contributed by atoms with Crippen LogP contribution in [0.3, 0.4) is 0 Å². The van der Waals surface area contributed by atoms with Gasteiger partial charge < -0.3 is 4.74 Å². The second-order valence-electron chi connectivity index (χ2n) is 6.00. The van der Waals surface area contributed by atoms with Crippen LogP contribution < -0.4 is 0 Å². The Bertz CT molecular complexity index is 1080. The third-order valence-electron chi connectivity index (χ3n) is 3.95. The van der Waals surface area contributed by atoms with E-state index in [1.807, 2.05) is 0 Å². The first kappa shape index (κ1) is 20.2. The summed E-state index contributed by atoms with van der Waals surface area (Å²) in [4.78, 5) is 27.1. The largest absolute Gasteiger partial charge is 0.464 e. The molecule has 0 aliphatic heterocycles. The SMILES string of the molecule is COC(=O)c1nn(-c2cccc(Cc3cc(F)cc(C(F)(F)F)c3)n2)cc1C=O. The van der Waals surface area contributed by atoms with E-state index in [1.165, 1.54) is 16.9 Å². The number of carbonyl (C=O) groups excluding carboxylic acids is 2. The number of methoxy groups -OCH3 is 1. The normalized spacial score (nSPS) is 11.3. The molecular formula is C19H13F4N3O3. The quantitative estimate of drug-likeness (QED) is 0.367. The summed E-state index contributed by atoms with van der Waals surface area (Å²) in [7, 11) is 1.14. The molecule has 2 aromatic heterocycles. The Balaban J connectivity index is 1.94. The molecule has 0 atom stereocenters. The Hall–Kier alpha value is -3.56. The molecule has 0 unspecified atom stereocenters. The number of esters is 1. The zero-order chi connectivity index (χ0) is 21.2. The third kappa shape index (κ3) is 4.48. The molecule has 1 aromatic carbocycles. The molecule has 0 bridgehead atoms. The van der Waals surface area contributed by atoms with Crippen LogP contribution in [0.15, 0.2) is 42.6 Å². The van der Waals surface area contributed by atoms with E-state index >= 15 is 0 Å². The van der Waals surface area contributed by atoms with Crippen LogP contribution in [0.2, 0.25) is 0 Å². The first-order chi connectivity index (χ1) is 13.7. The molecule has 0 aliphatic rings. The van der Waals surface area contributed by atoms with E-state index in [0.29, 0.717) is 18.0 Å². The number of ether oxygens (including phenoxy) is 1. The molecule has 2 heterocycles. The molecule has 0 amide bonds. The van der Waals surface area contributed by atoms with E-state index in [0.717, 1.165) is 19.2 Å². The van der Waals surface area contributed by atoms with Crippen LogP contribution in [0.4, 0.5) is 17.6 Å². The van der Waals surface area contributed by atoms with E-state index in [4.69, 9.17) is 0 Å². The summed E-state index contributed by atoms with van der Waals surface area (Å²) in [6.07, 6.45) is -3.03. The summed E-state index contributed by atoms with van der Waals surface area (Å²) in [6, 6.07) is 6.92. The van der Waals surface area contributed by atoms with Crippen LogP contribution in [0.5, 0.6) is 0 Å². The molecule has 0 saturated carbocycles. The van der Waals surface area contributed by atoms with Gasteiger partial charge in [0.25, 0.3) is 0 Å². The number of hydrogen-bond acceptors (Lipinski definition) is 5. The standard InChI is InChI=1S/C19H13F4N3O3/c1-29-18(28)17-12(10-27)9-26(25-17)16-4-2-3-15(24-16)7-11-5-13(19(21,22)23)8-14(20)6-11/h2-6,8-10H,7H2,1H3. The minimum absolute atomic E-state index is 0.0102. The first-order valence-electron chi connectivity index (χ1n) is 8.17. The van der Waals surface area contributed by atoms with Crippen molar-refractivity contribution in [3.05, 3.63) is 76.5 Å². The third-order valence-corrected chi connectivity index (χ3v) is 3.95. The molecule has 150 valence electrons. The van der Waals surface area contributed by atoms with Gasteiger partial charge in [-0.3, -0.25) is 4.79 Å². The Morgan fingerprint density at radius 3 is 2.66 bits per heavy atom. The number of rotatable bonds is 5. The number of aldehydes is 1. The summed E-state index contributed by atoms with van der Waals surface area (Å²) in [6.45, 7) is 0. The van der Waals surface area contributed by atoms with Crippen LogP contribution in [0, 0.1) is 5.82 Å². The second-order valence-corrected chi connectivity index (χ2v) is 6.00. The maximum atomic E-state index is 13.6. The molecule has 0 radical (unpaired) electrons. The monoisotopic (exact) mass is 407 g/mol. The van der Waals surface area contributed by atoms with E-state index in [1.54, 1.807) is 12.1 Å². The van der Waals surface area contributed by atoms with Crippen LogP contribution in [-0.2, 0) is 17.3 Å². The van der Waals surface area contributed by atoms with Crippen molar-refractivity contribution < 1.29 is 31.9 Å². The lowest BCUT2D eigenvalue weighted by molar-refractivity contribution is -0.137. The van der Waals surface area contributed by atoms with Crippen molar-refractivity contribution in [3.8, 4) is 5.82 Å². The van der Waals surface area contributed by atoms with Gasteiger partial charge >= 0.3 is 12.1 Å². The van der Waals surface area contributed by atoms with Crippen molar-refractivity contribution in [3.63, 3.8) is 0 Å². The van der Waals surface area contributed by atoms with Crippen molar-refractivity contribution in [2.75, 3.05) is 7.11 Å². The van der Waals surface area contributed by atoms with Crippen LogP contribution in [0.1, 0.15) is 37.7 Å². The van der Waals surface area contributed by atoms with Gasteiger partial charge in [-0.25, -0.2) is 18.9 Å². The number of halogens is 4. The number of aromatic nitrogens is 3. The molecule has 6 nitrogen and oxygen atoms in total. The van der Waals surface area contributed by atoms with Gasteiger partial charge in [0.15, 0.2) is 17.8 Å². The van der Waals surface area contributed by atoms with Crippen LogP contribution in [-0.4, -0.2) is 34.1 Å². The lowest BCUT2D eigenvalue weighted by atomic mass is 10.1. The fraction of sp³-hybridized carbons (Fsp3) is 0.158. The van der Waals surface area contributed by atoms with Gasteiger partial charge in [-0.2, -0.15) is 18.3 Å². The summed E-state index contributed by atoms with van der Waals surface area (Å²) in [5.74, 6) is -1.59. The highest BCUT2D eigenvalue weighted by atomic mass is 19.4. The van der Waals surface area contributed by atoms with Gasteiger partial charge in [0.05, 0.1) is 18.2 Å². The predicted octanol–water partition coefficient (Wildman–Crippen LogP) is 3.62. The highest BCUT2D eigenvalue weighted by Crippen LogP contribution is 2.30. The summed E-state index contributed by atoms with van der Waals surface area (Å²) < 4.78 is 58.0. The average Bonchev–Trinajstić information content (AvgIpc) is 3.11. The molecule has 0 fully saturated rings. The number of nitrogens with zero attached hydrogens (tertiary/aromatic N) is 3. The van der Waals surface area contributed by atoms with E-state index in [2.05, 4.69) is 14.8 Å². The number of alkyl halides is 3. The van der Waals surface area contributed by atoms with Crippen molar-refractivity contribution in [2.24, 2.45) is 0 Å². The molecule has 0 spiro atoms. The molecule has 3 aromatic rings. The van der Waals surface area contributed by atoms with Gasteiger partial charge in [-0.05, 0) is 35.9 Å². The molecule has 10 heteroatoms. The molecule has 0 aliphatic carbocycles. The van der Waals surface area contributed by atoms with Gasteiger partial charge in [-0.15, -0.1) is 0 Å². The zero-order valence-electron chi connectivity index (χ0n) is 14.9. The lowest BCUT2D eigenvalue weighted by Crippen LogP contribution is -2.08. The molecule has 29 heavy (non-hydrogen) atoms. The minimum Gasteiger partial charge on any atom is -0.464 e. The summed E-state index contributed by atoms with van der Waals surface area (Å²) >= 11 is 0. The fourth-order valence-electron chi connectivity index (χ4n) is 2.66. The van der Waals surface area contributed by atoms with E-state index < -0.39 is 23.5 Å². The molecule has 0 saturated heterocycles. The number of carbonyl (C=O) groups is 2. The maximum absolute atomic E-state index is 13.6. The van der Waals surface area contributed by atoms with Crippen LogP contribution in [0.25, 0.3) is 5.82 Å².